The predicted molar refractivity (Wildman–Crippen MR) is 182 cm³/mol. The van der Waals surface area contributed by atoms with Gasteiger partial charge in [-0.1, -0.05) is 153 Å². The van der Waals surface area contributed by atoms with E-state index in [4.69, 9.17) is 0 Å². The van der Waals surface area contributed by atoms with Crippen LogP contribution in [0.2, 0.25) is 0 Å². The van der Waals surface area contributed by atoms with Gasteiger partial charge in [-0.05, 0) is 43.7 Å². The Morgan fingerprint density at radius 2 is 0.976 bits per heavy atom. The number of quaternary nitrogens is 1. The van der Waals surface area contributed by atoms with E-state index >= 15 is 0 Å². The summed E-state index contributed by atoms with van der Waals surface area (Å²) in [5.74, 6) is 0. The molecule has 2 aromatic carbocycles. The molecule has 5 heteroatoms. The van der Waals surface area contributed by atoms with Crippen LogP contribution in [0.3, 0.4) is 0 Å². The fourth-order valence-corrected chi connectivity index (χ4v) is 6.54. The summed E-state index contributed by atoms with van der Waals surface area (Å²) < 4.78 is 33.1. The third-order valence-electron chi connectivity index (χ3n) is 8.37. The summed E-state index contributed by atoms with van der Waals surface area (Å²) in [5.41, 5.74) is 2.24. The summed E-state index contributed by atoms with van der Waals surface area (Å²) in [6.07, 6.45) is 21.3. The summed E-state index contributed by atoms with van der Waals surface area (Å²) in [4.78, 5) is 0.0610. The molecule has 0 saturated carbocycles. The first kappa shape index (κ1) is 38.3. The van der Waals surface area contributed by atoms with Crippen LogP contribution in [0.15, 0.2) is 59.5 Å². The Bertz CT molecular complexity index is 985. The van der Waals surface area contributed by atoms with Crippen molar-refractivity contribution in [3.63, 3.8) is 0 Å². The van der Waals surface area contributed by atoms with Crippen molar-refractivity contribution >= 4 is 10.1 Å². The van der Waals surface area contributed by atoms with Crippen LogP contribution in [-0.4, -0.2) is 37.1 Å². The minimum atomic E-state index is -4.10. The van der Waals surface area contributed by atoms with Gasteiger partial charge in [0.2, 0.25) is 0 Å². The Labute approximate surface area is 260 Å². The number of rotatable bonds is 23. The zero-order valence-corrected chi connectivity index (χ0v) is 28.5. The molecule has 0 radical (unpaired) electrons. The first-order valence-corrected chi connectivity index (χ1v) is 18.7. The normalized spacial score (nSPS) is 11.7. The molecule has 0 aromatic heterocycles. The van der Waals surface area contributed by atoms with Crippen LogP contribution in [0.1, 0.15) is 142 Å². The van der Waals surface area contributed by atoms with Gasteiger partial charge in [-0.15, -0.1) is 0 Å². The number of aryl methyl sites for hydroxylation is 1. The standard InChI is InChI=1S/C19H34N.C18H30O3S/c1-4-7-15-20(16-8-5-2,17-9-6-3)18-19-13-11-10-12-14-19;1-2-3-4-5-6-7-8-9-10-11-14-17-15-12-13-16-18(17)22(19,20)21/h10-14H,4-9,15-18H2,1-3H3;12-13,15-16H,2-11,14H2,1H3,(H,19,20,21)/q+1;. The third kappa shape index (κ3) is 17.4. The van der Waals surface area contributed by atoms with E-state index in [1.54, 1.807) is 12.1 Å². The quantitative estimate of drug-likeness (QED) is 0.0782. The lowest BCUT2D eigenvalue weighted by Gasteiger charge is -2.39. The monoisotopic (exact) mass is 602 g/mol. The highest BCUT2D eigenvalue weighted by Gasteiger charge is 2.26. The molecule has 0 atom stereocenters. The smallest absolute Gasteiger partial charge is 0.294 e. The van der Waals surface area contributed by atoms with Crippen LogP contribution in [-0.2, 0) is 23.1 Å². The number of unbranched alkanes of at least 4 members (excludes halogenated alkanes) is 12. The molecule has 0 saturated heterocycles. The van der Waals surface area contributed by atoms with E-state index in [2.05, 4.69) is 58.0 Å². The van der Waals surface area contributed by atoms with Crippen LogP contribution in [0.5, 0.6) is 0 Å². The van der Waals surface area contributed by atoms with Gasteiger partial charge in [0, 0.05) is 5.56 Å². The van der Waals surface area contributed by atoms with Crippen LogP contribution < -0.4 is 0 Å². The van der Waals surface area contributed by atoms with E-state index in [1.165, 1.54) is 132 Å². The molecule has 0 amide bonds. The molecule has 0 unspecified atom stereocenters. The van der Waals surface area contributed by atoms with Crippen molar-refractivity contribution in [3.8, 4) is 0 Å². The maximum atomic E-state index is 11.3. The molecule has 2 rings (SSSR count). The second-order valence-corrected chi connectivity index (χ2v) is 13.6. The van der Waals surface area contributed by atoms with Crippen molar-refractivity contribution in [3.05, 3.63) is 65.7 Å². The molecule has 0 fully saturated rings. The van der Waals surface area contributed by atoms with Gasteiger partial charge in [-0.25, -0.2) is 0 Å². The Morgan fingerprint density at radius 3 is 1.45 bits per heavy atom. The lowest BCUT2D eigenvalue weighted by molar-refractivity contribution is -0.941. The van der Waals surface area contributed by atoms with Crippen LogP contribution in [0.4, 0.5) is 0 Å². The summed E-state index contributed by atoms with van der Waals surface area (Å²) in [6.45, 7) is 14.5. The van der Waals surface area contributed by atoms with E-state index in [0.717, 1.165) is 18.4 Å². The average molecular weight is 603 g/mol. The predicted octanol–water partition coefficient (Wildman–Crippen LogP) is 10.8. The van der Waals surface area contributed by atoms with Gasteiger partial charge in [0.25, 0.3) is 10.1 Å². The molecule has 0 bridgehead atoms. The molecule has 2 aromatic rings. The summed E-state index contributed by atoms with van der Waals surface area (Å²) in [5, 5.41) is 0. The first-order chi connectivity index (χ1) is 20.3. The molecule has 0 aliphatic heterocycles. The van der Waals surface area contributed by atoms with Crippen LogP contribution >= 0.6 is 0 Å². The second-order valence-electron chi connectivity index (χ2n) is 12.2. The van der Waals surface area contributed by atoms with Crippen molar-refractivity contribution in [1.29, 1.82) is 0 Å². The second kappa shape index (κ2) is 23.7. The molecular formula is C37H64NO3S+. The molecule has 42 heavy (non-hydrogen) atoms. The summed E-state index contributed by atoms with van der Waals surface area (Å²) in [6, 6.07) is 17.8. The Balaban J connectivity index is 0.000000422. The lowest BCUT2D eigenvalue weighted by atomic mass is 10.0. The van der Waals surface area contributed by atoms with Crippen molar-refractivity contribution in [2.75, 3.05) is 19.6 Å². The van der Waals surface area contributed by atoms with Gasteiger partial charge < -0.3 is 4.48 Å². The topological polar surface area (TPSA) is 54.4 Å². The lowest BCUT2D eigenvalue weighted by Crippen LogP contribution is -2.49. The minimum absolute atomic E-state index is 0.0610. The number of hydrogen-bond acceptors (Lipinski definition) is 2. The maximum Gasteiger partial charge on any atom is 0.294 e. The highest BCUT2D eigenvalue weighted by atomic mass is 32.2. The van der Waals surface area contributed by atoms with Crippen molar-refractivity contribution < 1.29 is 17.5 Å². The van der Waals surface area contributed by atoms with E-state index in [0.29, 0.717) is 6.42 Å². The van der Waals surface area contributed by atoms with E-state index < -0.39 is 10.1 Å². The number of nitrogens with zero attached hydrogens (tertiary/aromatic N) is 1. The van der Waals surface area contributed by atoms with Gasteiger partial charge in [0.05, 0.1) is 24.5 Å². The molecule has 0 spiro atoms. The van der Waals surface area contributed by atoms with Gasteiger partial charge >= 0.3 is 0 Å². The maximum absolute atomic E-state index is 11.3. The SMILES string of the molecule is CCCCCCCCCCCCc1ccccc1S(=O)(=O)O.CCCC[N+](CCCC)(CCCC)Cc1ccccc1. The molecule has 240 valence electrons. The average Bonchev–Trinajstić information content (AvgIpc) is 2.99. The largest absolute Gasteiger partial charge is 0.320 e. The van der Waals surface area contributed by atoms with Gasteiger partial charge in [-0.2, -0.15) is 8.42 Å². The molecular weight excluding hydrogens is 538 g/mol. The molecule has 4 nitrogen and oxygen atoms in total. The van der Waals surface area contributed by atoms with Crippen molar-refractivity contribution in [2.24, 2.45) is 0 Å². The van der Waals surface area contributed by atoms with Crippen LogP contribution in [0, 0.1) is 0 Å². The van der Waals surface area contributed by atoms with Crippen LogP contribution in [0.25, 0.3) is 0 Å². The van der Waals surface area contributed by atoms with Crippen molar-refractivity contribution in [1.82, 2.24) is 0 Å². The summed E-state index contributed by atoms with van der Waals surface area (Å²) >= 11 is 0. The van der Waals surface area contributed by atoms with Crippen molar-refractivity contribution in [2.45, 2.75) is 148 Å². The van der Waals surface area contributed by atoms with E-state index in [1.807, 2.05) is 6.07 Å². The fraction of sp³-hybridized carbons (Fsp3) is 0.676. The highest BCUT2D eigenvalue weighted by molar-refractivity contribution is 7.85. The van der Waals surface area contributed by atoms with Gasteiger partial charge in [-0.3, -0.25) is 4.55 Å². The molecule has 0 aliphatic carbocycles. The van der Waals surface area contributed by atoms with Gasteiger partial charge in [0.15, 0.2) is 0 Å². The Hall–Kier alpha value is -1.69. The first-order valence-electron chi connectivity index (χ1n) is 17.3. The Morgan fingerprint density at radius 1 is 0.548 bits per heavy atom. The molecule has 0 aliphatic rings. The summed E-state index contributed by atoms with van der Waals surface area (Å²) in [7, 11) is -4.10. The molecule has 0 heterocycles. The Kier molecular flexibility index (Phi) is 21.7. The zero-order chi connectivity index (χ0) is 30.9. The number of hydrogen-bond donors (Lipinski definition) is 1. The molecule has 1 N–H and O–H groups in total. The zero-order valence-electron chi connectivity index (χ0n) is 27.7. The number of benzene rings is 2. The third-order valence-corrected chi connectivity index (χ3v) is 9.32. The highest BCUT2D eigenvalue weighted by Crippen LogP contribution is 2.20. The van der Waals surface area contributed by atoms with E-state index in [9.17, 15) is 13.0 Å². The fourth-order valence-electron chi connectivity index (χ4n) is 5.79. The van der Waals surface area contributed by atoms with E-state index in [-0.39, 0.29) is 4.90 Å². The minimum Gasteiger partial charge on any atom is -0.320 e. The van der Waals surface area contributed by atoms with Gasteiger partial charge in [0.1, 0.15) is 6.54 Å².